The minimum Gasteiger partial charge on any atom is -0.394 e. The second kappa shape index (κ2) is 2.45. The van der Waals surface area contributed by atoms with Gasteiger partial charge in [-0.25, -0.2) is 0 Å². The van der Waals surface area contributed by atoms with E-state index in [2.05, 4.69) is 5.10 Å². The molecule has 0 atom stereocenters. The smallest absolute Gasteiger partial charge is 0.145 e. The van der Waals surface area contributed by atoms with Crippen LogP contribution in [-0.2, 0) is 7.05 Å². The maximum Gasteiger partial charge on any atom is 0.145 e. The summed E-state index contributed by atoms with van der Waals surface area (Å²) in [6, 6.07) is 0. The average Bonchev–Trinajstić information content (AvgIpc) is 2.17. The van der Waals surface area contributed by atoms with Gasteiger partial charge in [0.2, 0.25) is 0 Å². The molecule has 11 heavy (non-hydrogen) atoms. The van der Waals surface area contributed by atoms with Gasteiger partial charge in [0.25, 0.3) is 0 Å². The lowest BCUT2D eigenvalue weighted by atomic mass is 10.1. The Labute approximate surface area is 66.2 Å². The van der Waals surface area contributed by atoms with E-state index in [-0.39, 0.29) is 0 Å². The first-order valence-electron chi connectivity index (χ1n) is 3.62. The van der Waals surface area contributed by atoms with Crippen LogP contribution in [-0.4, -0.2) is 9.78 Å². The molecule has 4 N–H and O–H groups in total. The third kappa shape index (κ3) is 1.15. The topological polar surface area (TPSA) is 69.9 Å². The molecule has 0 radical (unpaired) electrons. The van der Waals surface area contributed by atoms with E-state index in [0.717, 1.165) is 5.69 Å². The van der Waals surface area contributed by atoms with E-state index in [9.17, 15) is 0 Å². The molecule has 1 aromatic rings. The average molecular weight is 154 g/mol. The van der Waals surface area contributed by atoms with Crippen molar-refractivity contribution in [3.05, 3.63) is 5.69 Å². The van der Waals surface area contributed by atoms with Crippen LogP contribution in [0.4, 0.5) is 11.5 Å². The molecule has 62 valence electrons. The van der Waals surface area contributed by atoms with Crippen molar-refractivity contribution >= 4 is 11.5 Å². The third-order valence-electron chi connectivity index (χ3n) is 1.71. The summed E-state index contributed by atoms with van der Waals surface area (Å²) >= 11 is 0. The zero-order valence-electron chi connectivity index (χ0n) is 7.13. The largest absolute Gasteiger partial charge is 0.394 e. The van der Waals surface area contributed by atoms with E-state index in [1.807, 2.05) is 13.8 Å². The number of hydrogen-bond acceptors (Lipinski definition) is 3. The van der Waals surface area contributed by atoms with Crippen LogP contribution in [0.15, 0.2) is 0 Å². The Morgan fingerprint density at radius 1 is 1.36 bits per heavy atom. The van der Waals surface area contributed by atoms with Crippen molar-refractivity contribution in [2.24, 2.45) is 7.05 Å². The maximum absolute atomic E-state index is 5.70. The number of nitrogens with two attached hydrogens (primary N) is 2. The van der Waals surface area contributed by atoms with Gasteiger partial charge in [0.1, 0.15) is 5.82 Å². The highest BCUT2D eigenvalue weighted by Crippen LogP contribution is 2.24. The van der Waals surface area contributed by atoms with E-state index in [4.69, 9.17) is 11.5 Å². The summed E-state index contributed by atoms with van der Waals surface area (Å²) < 4.78 is 1.60. The minimum atomic E-state index is 0.332. The van der Waals surface area contributed by atoms with Crippen molar-refractivity contribution < 1.29 is 0 Å². The fourth-order valence-electron chi connectivity index (χ4n) is 1.00. The fraction of sp³-hybridized carbons (Fsp3) is 0.571. The number of nitrogen functional groups attached to an aromatic ring is 2. The Morgan fingerprint density at radius 2 is 1.91 bits per heavy atom. The van der Waals surface area contributed by atoms with Gasteiger partial charge in [0.15, 0.2) is 0 Å². The number of hydrogen-bond donors (Lipinski definition) is 2. The Balaban J connectivity index is 3.19. The van der Waals surface area contributed by atoms with Gasteiger partial charge in [-0.1, -0.05) is 13.8 Å². The van der Waals surface area contributed by atoms with Gasteiger partial charge >= 0.3 is 0 Å². The molecule has 1 heterocycles. The highest BCUT2D eigenvalue weighted by atomic mass is 15.3. The van der Waals surface area contributed by atoms with Crippen molar-refractivity contribution in [3.8, 4) is 0 Å². The standard InChI is InChI=1S/C7H14N4/c1-4(2)6-5(8)7(9)11(3)10-6/h4H,8-9H2,1-3H3. The Bertz CT molecular complexity index is 262. The first-order valence-corrected chi connectivity index (χ1v) is 3.62. The van der Waals surface area contributed by atoms with Crippen LogP contribution in [0, 0.1) is 0 Å². The molecule has 1 rings (SSSR count). The summed E-state index contributed by atoms with van der Waals surface area (Å²) in [5.41, 5.74) is 12.8. The fourth-order valence-corrected chi connectivity index (χ4v) is 1.00. The molecule has 0 bridgehead atoms. The summed E-state index contributed by atoms with van der Waals surface area (Å²) in [6.07, 6.45) is 0. The van der Waals surface area contributed by atoms with Crippen molar-refractivity contribution in [1.82, 2.24) is 9.78 Å². The van der Waals surface area contributed by atoms with Crippen LogP contribution in [0.2, 0.25) is 0 Å². The van der Waals surface area contributed by atoms with Crippen LogP contribution in [0.5, 0.6) is 0 Å². The molecule has 0 saturated heterocycles. The molecule has 0 amide bonds. The molecule has 0 unspecified atom stereocenters. The molecular formula is C7H14N4. The number of aryl methyl sites for hydroxylation is 1. The molecular weight excluding hydrogens is 140 g/mol. The lowest BCUT2D eigenvalue weighted by Crippen LogP contribution is -1.99. The monoisotopic (exact) mass is 154 g/mol. The van der Waals surface area contributed by atoms with E-state index < -0.39 is 0 Å². The number of anilines is 2. The number of rotatable bonds is 1. The third-order valence-corrected chi connectivity index (χ3v) is 1.71. The minimum absolute atomic E-state index is 0.332. The lowest BCUT2D eigenvalue weighted by molar-refractivity contribution is 0.719. The first kappa shape index (κ1) is 7.91. The quantitative estimate of drug-likeness (QED) is 0.625. The summed E-state index contributed by atoms with van der Waals surface area (Å²) in [6.45, 7) is 4.08. The van der Waals surface area contributed by atoms with Gasteiger partial charge in [0.05, 0.1) is 11.4 Å². The highest BCUT2D eigenvalue weighted by molar-refractivity contribution is 5.62. The van der Waals surface area contributed by atoms with Gasteiger partial charge in [-0.3, -0.25) is 4.68 Å². The molecule has 0 saturated carbocycles. The van der Waals surface area contributed by atoms with E-state index in [1.54, 1.807) is 11.7 Å². The van der Waals surface area contributed by atoms with E-state index in [0.29, 0.717) is 17.4 Å². The van der Waals surface area contributed by atoms with E-state index >= 15 is 0 Å². The van der Waals surface area contributed by atoms with Crippen LogP contribution >= 0.6 is 0 Å². The van der Waals surface area contributed by atoms with Crippen molar-refractivity contribution in [3.63, 3.8) is 0 Å². The molecule has 4 heteroatoms. The highest BCUT2D eigenvalue weighted by Gasteiger charge is 2.12. The Kier molecular flexibility index (Phi) is 1.76. The first-order chi connectivity index (χ1) is 5.04. The lowest BCUT2D eigenvalue weighted by Gasteiger charge is -1.99. The number of nitrogens with zero attached hydrogens (tertiary/aromatic N) is 2. The van der Waals surface area contributed by atoms with Gasteiger partial charge in [-0.15, -0.1) is 0 Å². The van der Waals surface area contributed by atoms with Crippen molar-refractivity contribution in [2.75, 3.05) is 11.5 Å². The molecule has 0 spiro atoms. The van der Waals surface area contributed by atoms with Crippen LogP contribution in [0.1, 0.15) is 25.5 Å². The molecule has 4 nitrogen and oxygen atoms in total. The number of aromatic nitrogens is 2. The van der Waals surface area contributed by atoms with Crippen molar-refractivity contribution in [1.29, 1.82) is 0 Å². The van der Waals surface area contributed by atoms with Gasteiger partial charge in [-0.05, 0) is 5.92 Å². The normalized spacial score (nSPS) is 10.9. The predicted octanol–water partition coefficient (Wildman–Crippen LogP) is 0.708. The summed E-state index contributed by atoms with van der Waals surface area (Å²) in [4.78, 5) is 0. The van der Waals surface area contributed by atoms with Gasteiger partial charge in [-0.2, -0.15) is 5.10 Å². The van der Waals surface area contributed by atoms with Crippen LogP contribution in [0.25, 0.3) is 0 Å². The molecule has 0 aliphatic rings. The summed E-state index contributed by atoms with van der Waals surface area (Å²) in [7, 11) is 1.79. The van der Waals surface area contributed by atoms with E-state index in [1.165, 1.54) is 0 Å². The summed E-state index contributed by atoms with van der Waals surface area (Å²) in [5, 5.41) is 4.18. The molecule has 0 aliphatic heterocycles. The Morgan fingerprint density at radius 3 is 2.09 bits per heavy atom. The molecule has 0 aliphatic carbocycles. The SMILES string of the molecule is CC(C)c1nn(C)c(N)c1N. The summed E-state index contributed by atoms with van der Waals surface area (Å²) in [5.74, 6) is 0.882. The second-order valence-electron chi connectivity index (χ2n) is 2.96. The molecule has 1 aromatic heterocycles. The van der Waals surface area contributed by atoms with Crippen LogP contribution in [0.3, 0.4) is 0 Å². The van der Waals surface area contributed by atoms with Crippen molar-refractivity contribution in [2.45, 2.75) is 19.8 Å². The maximum atomic E-state index is 5.70. The van der Waals surface area contributed by atoms with Gasteiger partial charge in [0, 0.05) is 7.05 Å². The van der Waals surface area contributed by atoms with Gasteiger partial charge < -0.3 is 11.5 Å². The zero-order chi connectivity index (χ0) is 8.59. The van der Waals surface area contributed by atoms with Crippen LogP contribution < -0.4 is 11.5 Å². The predicted molar refractivity (Wildman–Crippen MR) is 46.1 cm³/mol. The zero-order valence-corrected chi connectivity index (χ0v) is 7.13. The molecule has 0 aromatic carbocycles. The Hall–Kier alpha value is -1.19. The second-order valence-corrected chi connectivity index (χ2v) is 2.96. The molecule has 0 fully saturated rings.